The van der Waals surface area contributed by atoms with Crippen LogP contribution in [0.2, 0.25) is 0 Å². The summed E-state index contributed by atoms with van der Waals surface area (Å²) in [5, 5.41) is 0. The molecule has 6 heteroatoms. The fraction of sp³-hybridized carbons (Fsp3) is 0.471. The van der Waals surface area contributed by atoms with E-state index in [1.165, 1.54) is 40.7 Å². The first-order valence-electron chi connectivity index (χ1n) is 7.94. The fourth-order valence-corrected chi connectivity index (χ4v) is 4.82. The molecule has 4 rings (SSSR count). The van der Waals surface area contributed by atoms with Gasteiger partial charge in [0.15, 0.2) is 0 Å². The molecule has 0 amide bonds. The number of halogens is 2. The average Bonchev–Trinajstić information content (AvgIpc) is 3.41. The molecule has 0 radical (unpaired) electrons. The van der Waals surface area contributed by atoms with E-state index in [1.54, 1.807) is 0 Å². The second-order valence-electron chi connectivity index (χ2n) is 6.20. The van der Waals surface area contributed by atoms with Gasteiger partial charge in [-0.1, -0.05) is 30.3 Å². The van der Waals surface area contributed by atoms with Gasteiger partial charge >= 0.3 is 88.9 Å². The molecule has 0 N–H and O–H groups in total. The van der Waals surface area contributed by atoms with Crippen molar-refractivity contribution >= 4 is 45.7 Å². The Kier molecular flexibility index (Phi) is 6.60. The summed E-state index contributed by atoms with van der Waals surface area (Å²) in [4.78, 5) is 0. The maximum atomic E-state index is 2.51. The molecule has 0 bridgehead atoms. The van der Waals surface area contributed by atoms with Gasteiger partial charge in [0.1, 0.15) is 0 Å². The molecule has 1 heterocycles. The SMILES string of the molecule is Cc1cn(C2CC2)[c](=[Pt])n1C1CC1.IN(I)Cc1ccccc1. The molecule has 2 aliphatic carbocycles. The van der Waals surface area contributed by atoms with Crippen LogP contribution < -0.4 is 0 Å². The van der Waals surface area contributed by atoms with Gasteiger partial charge in [0.05, 0.1) is 0 Å². The maximum Gasteiger partial charge on any atom is 0.0435 e. The van der Waals surface area contributed by atoms with Crippen LogP contribution in [0.1, 0.15) is 49.0 Å². The number of rotatable bonds is 4. The number of imidazole rings is 1. The van der Waals surface area contributed by atoms with Crippen LogP contribution in [0.4, 0.5) is 0 Å². The predicted molar refractivity (Wildman–Crippen MR) is 107 cm³/mol. The summed E-state index contributed by atoms with van der Waals surface area (Å²) in [6.45, 7) is 3.24. The molecule has 0 aliphatic heterocycles. The minimum absolute atomic E-state index is 0.825. The molecule has 1 aromatic carbocycles. The predicted octanol–water partition coefficient (Wildman–Crippen LogP) is 5.54. The van der Waals surface area contributed by atoms with E-state index in [0.717, 1.165) is 18.6 Å². The van der Waals surface area contributed by atoms with E-state index in [4.69, 9.17) is 0 Å². The summed E-state index contributed by atoms with van der Waals surface area (Å²) < 4.78 is 8.53. The molecule has 0 saturated heterocycles. The Labute approximate surface area is 176 Å². The molecule has 0 spiro atoms. The van der Waals surface area contributed by atoms with Gasteiger partial charge in [-0.15, -0.1) is 0 Å². The summed E-state index contributed by atoms with van der Waals surface area (Å²) in [5.41, 5.74) is 2.80. The Morgan fingerprint density at radius 2 is 1.70 bits per heavy atom. The summed E-state index contributed by atoms with van der Waals surface area (Å²) in [6.07, 6.45) is 7.87. The Hall–Kier alpha value is 0.538. The first-order chi connectivity index (χ1) is 11.1. The van der Waals surface area contributed by atoms with E-state index in [0.29, 0.717) is 0 Å². The van der Waals surface area contributed by atoms with E-state index in [9.17, 15) is 0 Å². The second kappa shape index (κ2) is 8.28. The van der Waals surface area contributed by atoms with Gasteiger partial charge in [-0.25, -0.2) is 0 Å². The van der Waals surface area contributed by atoms with Crippen LogP contribution in [0, 0.1) is 10.7 Å². The summed E-state index contributed by atoms with van der Waals surface area (Å²) in [5.74, 6) is 0. The molecule has 3 nitrogen and oxygen atoms in total. The van der Waals surface area contributed by atoms with Crippen LogP contribution in [-0.4, -0.2) is 10.5 Å². The van der Waals surface area contributed by atoms with Gasteiger partial charge in [0.25, 0.3) is 0 Å². The van der Waals surface area contributed by atoms with Crippen LogP contribution in [0.15, 0.2) is 36.5 Å². The molecular formula is C17H21I2N3Pt. The van der Waals surface area contributed by atoms with Crippen LogP contribution in [0.5, 0.6) is 0 Å². The van der Waals surface area contributed by atoms with E-state index in [1.807, 2.05) is 6.07 Å². The molecular weight excluding hydrogens is 695 g/mol. The average molecular weight is 716 g/mol. The van der Waals surface area contributed by atoms with Crippen molar-refractivity contribution in [1.29, 1.82) is 0 Å². The van der Waals surface area contributed by atoms with Gasteiger partial charge in [0, 0.05) is 52.3 Å². The molecule has 0 unspecified atom stereocenters. The fourth-order valence-electron chi connectivity index (χ4n) is 2.65. The molecule has 2 aliphatic rings. The van der Waals surface area contributed by atoms with Gasteiger partial charge in [0.2, 0.25) is 0 Å². The first kappa shape index (κ1) is 18.3. The van der Waals surface area contributed by atoms with Gasteiger partial charge in [-0.05, 0) is 5.56 Å². The van der Waals surface area contributed by atoms with Crippen LogP contribution in [0.25, 0.3) is 0 Å². The molecule has 2 fully saturated rings. The zero-order valence-electron chi connectivity index (χ0n) is 13.1. The number of aromatic nitrogens is 2. The minimum Gasteiger partial charge on any atom is -0.184 e. The maximum absolute atomic E-state index is 2.51. The smallest absolute Gasteiger partial charge is 0.0435 e. The van der Waals surface area contributed by atoms with Crippen molar-refractivity contribution < 1.29 is 19.4 Å². The van der Waals surface area contributed by atoms with Gasteiger partial charge in [-0.2, -0.15) is 1.33 Å². The zero-order chi connectivity index (χ0) is 16.4. The van der Waals surface area contributed by atoms with E-state index in [-0.39, 0.29) is 0 Å². The Bertz CT molecular complexity index is 700. The molecule has 2 aromatic rings. The van der Waals surface area contributed by atoms with Crippen molar-refractivity contribution in [3.63, 3.8) is 0 Å². The Morgan fingerprint density at radius 3 is 2.22 bits per heavy atom. The van der Waals surface area contributed by atoms with E-state index >= 15 is 0 Å². The molecule has 1 aromatic heterocycles. The van der Waals surface area contributed by atoms with Crippen molar-refractivity contribution in [3.8, 4) is 0 Å². The number of hydrogen-bond acceptors (Lipinski definition) is 1. The first-order valence-corrected chi connectivity index (χ1v) is 11.0. The minimum atomic E-state index is 0.825. The van der Waals surface area contributed by atoms with Crippen molar-refractivity contribution in [2.75, 3.05) is 0 Å². The number of nitrogens with zero attached hydrogens (tertiary/aromatic N) is 3. The molecule has 23 heavy (non-hydrogen) atoms. The molecule has 2 saturated carbocycles. The van der Waals surface area contributed by atoms with Crippen molar-refractivity contribution in [2.45, 2.75) is 51.2 Å². The van der Waals surface area contributed by atoms with Crippen LogP contribution in [-0.2, 0) is 25.9 Å². The standard InChI is InChI=1S/C10H14N2.C7H7I2N.Pt/c1-8-6-11(9-2-3-9)7-12(8)10-4-5-10;8-10(9)6-7-4-2-1-3-5-7;/h6,9-10H,2-5H2,1H3;1-5H,6H2;. The second-order valence-corrected chi connectivity index (χ2v) is 11.4. The third-order valence-corrected chi connectivity index (χ3v) is 5.90. The topological polar surface area (TPSA) is 13.1 Å². The van der Waals surface area contributed by atoms with Gasteiger partial charge in [-0.3, -0.25) is 0 Å². The van der Waals surface area contributed by atoms with Crippen molar-refractivity contribution in [2.24, 2.45) is 0 Å². The normalized spacial score (nSPS) is 17.1. The summed E-state index contributed by atoms with van der Waals surface area (Å²) in [7, 11) is 0. The number of hydrogen-bond donors (Lipinski definition) is 0. The Morgan fingerprint density at radius 1 is 1.09 bits per heavy atom. The van der Waals surface area contributed by atoms with Crippen LogP contribution in [0.3, 0.4) is 0 Å². The third kappa shape index (κ3) is 5.25. The third-order valence-electron chi connectivity index (χ3n) is 4.08. The van der Waals surface area contributed by atoms with Crippen molar-refractivity contribution in [1.82, 2.24) is 10.5 Å². The van der Waals surface area contributed by atoms with Crippen molar-refractivity contribution in [3.05, 3.63) is 51.6 Å². The largest absolute Gasteiger partial charge is 0.184 e. The van der Waals surface area contributed by atoms with Crippen LogP contribution >= 0.6 is 45.7 Å². The van der Waals surface area contributed by atoms with E-state index in [2.05, 4.69) is 113 Å². The molecule has 128 valence electrons. The van der Waals surface area contributed by atoms with E-state index < -0.39 is 0 Å². The zero-order valence-corrected chi connectivity index (χ0v) is 19.7. The van der Waals surface area contributed by atoms with Gasteiger partial charge < -0.3 is 0 Å². The summed E-state index contributed by atoms with van der Waals surface area (Å²) in [6, 6.07) is 12.1. The number of benzene rings is 1. The molecule has 0 atom stereocenters. The number of aryl methyl sites for hydroxylation is 1. The Balaban J connectivity index is 0.000000142. The quantitative estimate of drug-likeness (QED) is 0.300. The summed E-state index contributed by atoms with van der Waals surface area (Å²) >= 11 is 7.01. The monoisotopic (exact) mass is 716 g/mol.